The van der Waals surface area contributed by atoms with Crippen LogP contribution in [-0.2, 0) is 19.1 Å². The molecule has 0 amide bonds. The first-order chi connectivity index (χ1) is 35.6. The van der Waals surface area contributed by atoms with Gasteiger partial charge in [-0.1, -0.05) is 64.5 Å². The largest absolute Gasteiger partial charge is 0.465 e. The molecule has 20 atom stereocenters. The summed E-state index contributed by atoms with van der Waals surface area (Å²) in [6.45, 7) is 11.4. The van der Waals surface area contributed by atoms with Crippen molar-refractivity contribution < 1.29 is 49.8 Å². The number of esters is 1. The van der Waals surface area contributed by atoms with Crippen molar-refractivity contribution in [1.29, 1.82) is 0 Å². The van der Waals surface area contributed by atoms with Crippen LogP contribution >= 0.6 is 0 Å². The average Bonchev–Trinajstić information content (AvgIpc) is 4.08. The SMILES string of the molecule is CCCCC[C@@]12C[C@@H](O)[C@@H](O)C[C@]1(C)[C@H]1CC[C@]3(CCN=C(N)N)[C@@H]4[C@@H](CC#C[C@@H]([C@@H]5COC(=O)[C@H]5c5cc[nH]c5)C[C@@H]5[C@@H](CC=C6CC[C@H](C)C[C@H]65)[C@H](C)C[C@@H](O)[C@]4(C)O)C[C@@]3(O)C1=C(N[C@@H](CO)C(C)=O)C2=O. The van der Waals surface area contributed by atoms with Crippen molar-refractivity contribution in [3.8, 4) is 11.8 Å². The molecule has 0 unspecified atom stereocenters. The monoisotopic (exact) mass is 1040 g/mol. The molecule has 75 heavy (non-hydrogen) atoms. The van der Waals surface area contributed by atoms with Gasteiger partial charge in [0.1, 0.15) is 6.04 Å². The fraction of sp³-hybridized carbons (Fsp3) is 0.767. The number of hydrogen-bond acceptors (Lipinski definition) is 12. The minimum atomic E-state index is -1.91. The second-order valence-corrected chi connectivity index (χ2v) is 25.8. The second-order valence-electron chi connectivity index (χ2n) is 25.8. The van der Waals surface area contributed by atoms with Crippen LogP contribution in [0.5, 0.6) is 0 Å². The highest BCUT2D eigenvalue weighted by Crippen LogP contribution is 2.74. The number of unbranched alkanes of at least 4 members (excludes halogenated alkanes) is 2. The summed E-state index contributed by atoms with van der Waals surface area (Å²) in [4.78, 5) is 50.9. The molecule has 0 spiro atoms. The van der Waals surface area contributed by atoms with E-state index in [1.54, 1.807) is 6.92 Å². The van der Waals surface area contributed by atoms with Crippen molar-refractivity contribution >= 4 is 23.5 Å². The highest BCUT2D eigenvalue weighted by atomic mass is 16.5. The number of H-pyrrole nitrogens is 1. The third-order valence-corrected chi connectivity index (χ3v) is 21.8. The lowest BCUT2D eigenvalue weighted by Crippen LogP contribution is -2.69. The van der Waals surface area contributed by atoms with Gasteiger partial charge in [0.2, 0.25) is 0 Å². The van der Waals surface area contributed by atoms with Crippen LogP contribution in [0.25, 0.3) is 0 Å². The number of Topliss-reactive ketones (excluding diaryl/α,β-unsaturated/α-hetero) is 2. The van der Waals surface area contributed by atoms with E-state index >= 15 is 4.79 Å². The number of cyclic esters (lactones) is 1. The molecule has 1 aromatic heterocycles. The van der Waals surface area contributed by atoms with Crippen molar-refractivity contribution in [2.45, 2.75) is 192 Å². The summed E-state index contributed by atoms with van der Waals surface area (Å²) in [5.41, 5.74) is 7.63. The van der Waals surface area contributed by atoms with Crippen LogP contribution in [0, 0.1) is 87.3 Å². The number of aliphatic imine (C=N–C) groups is 1. The van der Waals surface area contributed by atoms with Gasteiger partial charge in [0.05, 0.1) is 54.3 Å². The topological polar surface area (TPSA) is 274 Å². The minimum Gasteiger partial charge on any atom is -0.465 e. The lowest BCUT2D eigenvalue weighted by molar-refractivity contribution is -0.201. The van der Waals surface area contributed by atoms with Gasteiger partial charge in [0.15, 0.2) is 17.5 Å². The van der Waals surface area contributed by atoms with Crippen molar-refractivity contribution in [2.24, 2.45) is 91.9 Å². The molecule has 2 heterocycles. The van der Waals surface area contributed by atoms with Gasteiger partial charge in [0, 0.05) is 53.9 Å². The Kier molecular flexibility index (Phi) is 15.8. The first kappa shape index (κ1) is 55.7. The number of guanidine groups is 1. The standard InChI is InChI=1S/C60H89N5O10/c1-7-8-9-19-59-29-47(69)46(68)28-56(59,5)44-17-20-58(21-23-64-55(61)62)52-38(27-60(58,74)50(44)51(53(59)71)65-45(31-66)35(4)67)12-10-11-37(43-32-75-54(72)49(43)39-18-22-63-30-39)26-42-40(34(3)25-48(70)57(52,6)73)16-15-36-14-13-33(2)24-41(36)42/h15,18,22,30,33-34,37-38,40-49,52,63,65-66,68-70,73-74H,7-9,12-14,16-17,19-21,23-29,31-32H2,1-6H3,(H4,61,62,64)/t33-,34+,37+,38-,40-,41+,42+,43-,44-,45-,46-,47+,48+,49-,52+,56+,57-,58-,59-,60+/m0/s1. The number of aromatic nitrogens is 1. The summed E-state index contributed by atoms with van der Waals surface area (Å²) in [5, 5.41) is 78.4. The maximum Gasteiger partial charge on any atom is 0.313 e. The molecule has 414 valence electrons. The van der Waals surface area contributed by atoms with E-state index in [9.17, 15) is 40.2 Å². The zero-order valence-electron chi connectivity index (χ0n) is 45.5. The quantitative estimate of drug-likeness (QED) is 0.0284. The van der Waals surface area contributed by atoms with Crippen molar-refractivity contribution in [3.63, 3.8) is 0 Å². The van der Waals surface area contributed by atoms with E-state index in [2.05, 4.69) is 54.0 Å². The summed E-state index contributed by atoms with van der Waals surface area (Å²) in [7, 11) is 0. The number of fused-ring (bicyclic) bond motifs is 10. The van der Waals surface area contributed by atoms with Crippen molar-refractivity contribution in [1.82, 2.24) is 10.3 Å². The lowest BCUT2D eigenvalue weighted by atomic mass is 9.39. The number of nitrogens with two attached hydrogens (primary N) is 2. The van der Waals surface area contributed by atoms with Crippen LogP contribution in [0.4, 0.5) is 0 Å². The highest BCUT2D eigenvalue weighted by Gasteiger charge is 2.76. The molecule has 1 aromatic rings. The first-order valence-corrected chi connectivity index (χ1v) is 28.8. The Labute approximate surface area is 444 Å². The van der Waals surface area contributed by atoms with E-state index in [1.807, 2.05) is 25.4 Å². The summed E-state index contributed by atoms with van der Waals surface area (Å²) in [6, 6.07) is 0.741. The molecule has 8 aliphatic rings. The summed E-state index contributed by atoms with van der Waals surface area (Å²) in [5.74, 6) is 4.46. The highest BCUT2D eigenvalue weighted by molar-refractivity contribution is 6.03. The van der Waals surface area contributed by atoms with Crippen LogP contribution in [0.15, 0.2) is 46.4 Å². The van der Waals surface area contributed by atoms with Gasteiger partial charge in [-0.05, 0) is 161 Å². The summed E-state index contributed by atoms with van der Waals surface area (Å²) < 4.78 is 5.93. The number of aromatic amines is 1. The molecule has 0 bridgehead atoms. The van der Waals surface area contributed by atoms with Gasteiger partial charge >= 0.3 is 5.97 Å². The Hall–Kier alpha value is -4.04. The number of aliphatic hydroxyl groups is 6. The average molecular weight is 1040 g/mol. The third kappa shape index (κ3) is 9.34. The number of ether oxygens (including phenoxy) is 1. The van der Waals surface area contributed by atoms with E-state index in [-0.39, 0.29) is 105 Å². The second kappa shape index (κ2) is 21.3. The number of aliphatic hydroxyl groups excluding tert-OH is 4. The van der Waals surface area contributed by atoms with E-state index in [1.165, 1.54) is 12.5 Å². The number of ketones is 2. The Bertz CT molecular complexity index is 2460. The number of rotatable bonds is 13. The van der Waals surface area contributed by atoms with Gasteiger partial charge < -0.3 is 57.1 Å². The molecule has 12 N–H and O–H groups in total. The molecule has 1 aliphatic heterocycles. The van der Waals surface area contributed by atoms with Crippen molar-refractivity contribution in [2.75, 3.05) is 19.8 Å². The Morgan fingerprint density at radius 3 is 2.45 bits per heavy atom. The predicted octanol–water partition coefficient (Wildman–Crippen LogP) is 5.71. The molecular weight excluding hydrogens is 951 g/mol. The summed E-state index contributed by atoms with van der Waals surface area (Å²) >= 11 is 0. The van der Waals surface area contributed by atoms with Crippen LogP contribution in [-0.4, -0.2) is 114 Å². The molecular formula is C60H89N5O10. The fourth-order valence-corrected chi connectivity index (χ4v) is 18.0. The van der Waals surface area contributed by atoms with E-state index in [4.69, 9.17) is 16.2 Å². The molecule has 5 fully saturated rings. The molecule has 7 aliphatic carbocycles. The maximum absolute atomic E-state index is 16.1. The fourth-order valence-electron chi connectivity index (χ4n) is 18.0. The zero-order valence-corrected chi connectivity index (χ0v) is 45.5. The number of allylic oxidation sites excluding steroid dienone is 3. The van der Waals surface area contributed by atoms with Gasteiger partial charge in [0.25, 0.3) is 0 Å². The smallest absolute Gasteiger partial charge is 0.313 e. The van der Waals surface area contributed by atoms with Crippen LogP contribution in [0.2, 0.25) is 0 Å². The Morgan fingerprint density at radius 1 is 1.00 bits per heavy atom. The van der Waals surface area contributed by atoms with E-state index < -0.39 is 87.9 Å². The van der Waals surface area contributed by atoms with Gasteiger partial charge in [-0.15, -0.1) is 5.92 Å². The molecule has 0 radical (unpaired) electrons. The molecule has 15 heteroatoms. The van der Waals surface area contributed by atoms with Gasteiger partial charge in [-0.3, -0.25) is 19.4 Å². The predicted molar refractivity (Wildman–Crippen MR) is 285 cm³/mol. The molecule has 1 saturated heterocycles. The number of nitrogens with one attached hydrogen (secondary N) is 2. The van der Waals surface area contributed by atoms with Crippen molar-refractivity contribution in [3.05, 3.63) is 46.9 Å². The van der Waals surface area contributed by atoms with E-state index in [0.29, 0.717) is 43.1 Å². The summed E-state index contributed by atoms with van der Waals surface area (Å²) in [6.07, 6.45) is 11.6. The van der Waals surface area contributed by atoms with E-state index in [0.717, 1.165) is 50.5 Å². The minimum absolute atomic E-state index is 0.0114. The molecule has 9 rings (SSSR count). The third-order valence-electron chi connectivity index (χ3n) is 21.8. The normalized spacial score (nSPS) is 44.0. The lowest BCUT2D eigenvalue weighted by Gasteiger charge is -2.66. The Morgan fingerprint density at radius 2 is 1.76 bits per heavy atom. The maximum atomic E-state index is 16.1. The zero-order chi connectivity index (χ0) is 54.0. The van der Waals surface area contributed by atoms with Crippen LogP contribution < -0.4 is 16.8 Å². The Balaban J connectivity index is 1.25. The molecule has 4 saturated carbocycles. The van der Waals surface area contributed by atoms with Gasteiger partial charge in [-0.2, -0.15) is 0 Å². The number of carbonyl (C=O) groups is 3. The van der Waals surface area contributed by atoms with Crippen LogP contribution in [0.3, 0.4) is 0 Å². The molecule has 0 aromatic carbocycles. The van der Waals surface area contributed by atoms with Gasteiger partial charge in [-0.25, -0.2) is 0 Å². The first-order valence-electron chi connectivity index (χ1n) is 28.8. The molecule has 15 nitrogen and oxygen atoms in total. The number of carbonyl (C=O) groups excluding carboxylic acids is 3. The number of nitrogens with zero attached hydrogens (tertiary/aromatic N) is 1. The van der Waals surface area contributed by atoms with Crippen LogP contribution in [0.1, 0.15) is 162 Å². The number of hydrogen-bond donors (Lipinski definition) is 10.